The van der Waals surface area contributed by atoms with Crippen LogP contribution in [0.4, 0.5) is 5.69 Å². The fourth-order valence-corrected chi connectivity index (χ4v) is 2.26. The van der Waals surface area contributed by atoms with Gasteiger partial charge in [0, 0.05) is 29.1 Å². The average Bonchev–Trinajstić information content (AvgIpc) is 2.70. The molecule has 2 nitrogen and oxygen atoms in total. The van der Waals surface area contributed by atoms with Crippen molar-refractivity contribution in [3.63, 3.8) is 0 Å². The van der Waals surface area contributed by atoms with E-state index in [1.165, 1.54) is 11.1 Å². The smallest absolute Gasteiger partial charge is 0.0412 e. The summed E-state index contributed by atoms with van der Waals surface area (Å²) in [5, 5.41) is 3.14. The summed E-state index contributed by atoms with van der Waals surface area (Å²) >= 11 is 4.90. The Morgan fingerprint density at radius 2 is 1.60 bits per heavy atom. The predicted octanol–water partition coefficient (Wildman–Crippen LogP) is 6.81. The highest BCUT2D eigenvalue weighted by Gasteiger charge is 1.96. The number of nitrogens with one attached hydrogen (secondary N) is 2. The number of anilines is 1. The van der Waals surface area contributed by atoms with E-state index in [2.05, 4.69) is 65.4 Å². The van der Waals surface area contributed by atoms with E-state index in [4.69, 9.17) is 12.2 Å². The van der Waals surface area contributed by atoms with Crippen molar-refractivity contribution < 1.29 is 0 Å². The van der Waals surface area contributed by atoms with Crippen molar-refractivity contribution in [3.8, 4) is 11.1 Å². The van der Waals surface area contributed by atoms with E-state index in [1.54, 1.807) is 12.3 Å². The maximum Gasteiger partial charge on any atom is 0.0412 e. The van der Waals surface area contributed by atoms with Crippen molar-refractivity contribution in [2.45, 2.75) is 13.8 Å². The van der Waals surface area contributed by atoms with E-state index in [1.807, 2.05) is 39.1 Å². The fourth-order valence-electron chi connectivity index (χ4n) is 2.07. The molecule has 0 fully saturated rings. The second-order valence-electron chi connectivity index (χ2n) is 4.88. The summed E-state index contributed by atoms with van der Waals surface area (Å²) < 4.78 is 0.837. The fraction of sp³-hybridized carbons (Fsp3) is 0.136. The van der Waals surface area contributed by atoms with Crippen molar-refractivity contribution in [2.24, 2.45) is 0 Å². The van der Waals surface area contributed by atoms with E-state index in [9.17, 15) is 0 Å². The number of H-pyrrole nitrogens is 1. The lowest BCUT2D eigenvalue weighted by molar-refractivity contribution is 1.29. The first-order valence-electron chi connectivity index (χ1n) is 8.37. The van der Waals surface area contributed by atoms with Gasteiger partial charge in [0.15, 0.2) is 0 Å². The van der Waals surface area contributed by atoms with Gasteiger partial charge in [0.05, 0.1) is 0 Å². The number of aromatic amines is 1. The molecule has 3 heteroatoms. The van der Waals surface area contributed by atoms with Gasteiger partial charge < -0.3 is 10.3 Å². The normalized spacial score (nSPS) is 8.92. The summed E-state index contributed by atoms with van der Waals surface area (Å²) in [5.74, 6) is 0. The molecule has 0 atom stereocenters. The third-order valence-corrected chi connectivity index (χ3v) is 3.53. The second-order valence-corrected chi connectivity index (χ2v) is 5.35. The Kier molecular flexibility index (Phi) is 9.64. The van der Waals surface area contributed by atoms with Crippen molar-refractivity contribution in [3.05, 3.63) is 89.7 Å². The van der Waals surface area contributed by atoms with Gasteiger partial charge in [0.1, 0.15) is 0 Å². The Hall–Kier alpha value is -2.65. The largest absolute Gasteiger partial charge is 0.388 e. The molecule has 2 N–H and O–H groups in total. The Balaban J connectivity index is 0.000000246. The molecule has 3 rings (SSSR count). The van der Waals surface area contributed by atoms with Crippen molar-refractivity contribution in [1.29, 1.82) is 0 Å². The minimum absolute atomic E-state index is 0.837. The molecule has 0 spiro atoms. The molecule has 0 aliphatic rings. The lowest BCUT2D eigenvalue weighted by Gasteiger charge is -2.04. The zero-order valence-corrected chi connectivity index (χ0v) is 15.9. The SMILES string of the molecule is C=Cc1cc(=S)cc[nH]1.CC.CNc1cccc(-c2ccccc2)c1. The molecular formula is C22H26N2S. The van der Waals surface area contributed by atoms with Gasteiger partial charge in [0.2, 0.25) is 0 Å². The highest BCUT2D eigenvalue weighted by molar-refractivity contribution is 7.71. The molecule has 0 saturated heterocycles. The van der Waals surface area contributed by atoms with E-state index in [-0.39, 0.29) is 0 Å². The van der Waals surface area contributed by atoms with E-state index < -0.39 is 0 Å². The van der Waals surface area contributed by atoms with Crippen LogP contribution in [0.2, 0.25) is 0 Å². The summed E-state index contributed by atoms with van der Waals surface area (Å²) in [7, 11) is 1.93. The number of hydrogen-bond donors (Lipinski definition) is 2. The molecule has 0 aliphatic heterocycles. The molecule has 0 unspecified atom stereocenters. The van der Waals surface area contributed by atoms with Gasteiger partial charge in [0.25, 0.3) is 0 Å². The summed E-state index contributed by atoms with van der Waals surface area (Å²) in [6.45, 7) is 7.59. The first-order valence-corrected chi connectivity index (χ1v) is 8.78. The number of aromatic nitrogens is 1. The first kappa shape index (κ1) is 20.4. The molecule has 2 aromatic carbocycles. The lowest BCUT2D eigenvalue weighted by Crippen LogP contribution is -1.87. The molecule has 1 heterocycles. The van der Waals surface area contributed by atoms with E-state index in [0.717, 1.165) is 15.9 Å². The standard InChI is InChI=1S/C13H13N.C7H7NS.C2H6/c1-14-13-9-5-8-12(10-13)11-6-3-2-4-7-11;1-2-6-5-7(9)3-4-8-6;1-2/h2-10,14H,1H3;2-5H,1H2,(H,8,9);1-2H3. The number of hydrogen-bond acceptors (Lipinski definition) is 2. The van der Waals surface area contributed by atoms with Crippen molar-refractivity contribution in [2.75, 3.05) is 12.4 Å². The molecule has 0 radical (unpaired) electrons. The van der Waals surface area contributed by atoms with Gasteiger partial charge in [-0.25, -0.2) is 0 Å². The maximum atomic E-state index is 4.90. The Morgan fingerprint density at radius 3 is 2.16 bits per heavy atom. The van der Waals surface area contributed by atoms with Gasteiger partial charge in [-0.15, -0.1) is 0 Å². The molecule has 0 saturated carbocycles. The third-order valence-electron chi connectivity index (χ3n) is 3.27. The van der Waals surface area contributed by atoms with Gasteiger partial charge in [-0.1, -0.05) is 75.1 Å². The molecule has 0 aliphatic carbocycles. The van der Waals surface area contributed by atoms with Crippen LogP contribution in [0.3, 0.4) is 0 Å². The zero-order chi connectivity index (χ0) is 18.5. The summed E-state index contributed by atoms with van der Waals surface area (Å²) in [5.41, 5.74) is 4.61. The minimum Gasteiger partial charge on any atom is -0.388 e. The predicted molar refractivity (Wildman–Crippen MR) is 114 cm³/mol. The van der Waals surface area contributed by atoms with Crippen LogP contribution in [-0.4, -0.2) is 12.0 Å². The quantitative estimate of drug-likeness (QED) is 0.508. The zero-order valence-electron chi connectivity index (χ0n) is 15.1. The molecule has 25 heavy (non-hydrogen) atoms. The lowest BCUT2D eigenvalue weighted by atomic mass is 10.1. The molecule has 130 valence electrons. The van der Waals surface area contributed by atoms with Crippen LogP contribution in [0.5, 0.6) is 0 Å². The summed E-state index contributed by atoms with van der Waals surface area (Å²) in [4.78, 5) is 2.97. The summed E-state index contributed by atoms with van der Waals surface area (Å²) in [6, 6.07) is 22.5. The number of pyridine rings is 1. The third kappa shape index (κ3) is 7.19. The molecule has 0 bridgehead atoms. The molecule has 1 aromatic heterocycles. The molecule has 0 amide bonds. The van der Waals surface area contributed by atoms with Gasteiger partial charge in [-0.2, -0.15) is 0 Å². The minimum atomic E-state index is 0.837. The van der Waals surface area contributed by atoms with Crippen molar-refractivity contribution in [1.82, 2.24) is 4.98 Å². The van der Waals surface area contributed by atoms with E-state index >= 15 is 0 Å². The Bertz CT molecular complexity index is 807. The van der Waals surface area contributed by atoms with Gasteiger partial charge in [-0.05, 0) is 41.5 Å². The Labute approximate surface area is 156 Å². The van der Waals surface area contributed by atoms with Crippen LogP contribution in [0.25, 0.3) is 17.2 Å². The number of rotatable bonds is 3. The van der Waals surface area contributed by atoms with Crippen LogP contribution in [0, 0.1) is 4.51 Å². The Morgan fingerprint density at radius 1 is 0.920 bits per heavy atom. The van der Waals surface area contributed by atoms with Crippen LogP contribution >= 0.6 is 12.2 Å². The molecule has 3 aromatic rings. The summed E-state index contributed by atoms with van der Waals surface area (Å²) in [6.07, 6.45) is 3.54. The van der Waals surface area contributed by atoms with Crippen LogP contribution in [0.15, 0.2) is 79.5 Å². The topological polar surface area (TPSA) is 27.8 Å². The average molecular weight is 351 g/mol. The maximum absolute atomic E-state index is 4.90. The molecular weight excluding hydrogens is 324 g/mol. The van der Waals surface area contributed by atoms with Crippen LogP contribution in [-0.2, 0) is 0 Å². The second kappa shape index (κ2) is 11.8. The highest BCUT2D eigenvalue weighted by Crippen LogP contribution is 2.21. The van der Waals surface area contributed by atoms with Gasteiger partial charge in [-0.3, -0.25) is 0 Å². The number of benzene rings is 2. The van der Waals surface area contributed by atoms with Crippen LogP contribution < -0.4 is 5.32 Å². The highest BCUT2D eigenvalue weighted by atomic mass is 32.1. The van der Waals surface area contributed by atoms with E-state index in [0.29, 0.717) is 0 Å². The van der Waals surface area contributed by atoms with Crippen LogP contribution in [0.1, 0.15) is 19.5 Å². The van der Waals surface area contributed by atoms with Gasteiger partial charge >= 0.3 is 0 Å². The van der Waals surface area contributed by atoms with Crippen molar-refractivity contribution >= 4 is 24.0 Å². The monoisotopic (exact) mass is 350 g/mol. The first-order chi connectivity index (χ1) is 12.2.